The van der Waals surface area contributed by atoms with E-state index in [9.17, 15) is 0 Å². The number of aromatic nitrogens is 2. The molecule has 0 atom stereocenters. The Morgan fingerprint density at radius 2 is 2.06 bits per heavy atom. The number of aryl methyl sites for hydroxylation is 2. The summed E-state index contributed by atoms with van der Waals surface area (Å²) in [6.07, 6.45) is 1.65. The zero-order valence-corrected chi connectivity index (χ0v) is 10.8. The molecule has 0 unspecified atom stereocenters. The molecule has 1 heterocycles. The number of nitrogens with zero attached hydrogens (tertiary/aromatic N) is 3. The van der Waals surface area contributed by atoms with Crippen LogP contribution in [0.2, 0.25) is 5.28 Å². The van der Waals surface area contributed by atoms with E-state index in [4.69, 9.17) is 16.9 Å². The van der Waals surface area contributed by atoms with E-state index in [-0.39, 0.29) is 5.28 Å². The summed E-state index contributed by atoms with van der Waals surface area (Å²) in [6.45, 7) is 3.85. The Bertz CT molecular complexity index is 631. The van der Waals surface area contributed by atoms with Gasteiger partial charge in [0.2, 0.25) is 5.28 Å². The zero-order chi connectivity index (χ0) is 13.1. The van der Waals surface area contributed by atoms with Gasteiger partial charge in [-0.25, -0.2) is 9.97 Å². The molecule has 1 aromatic carbocycles. The van der Waals surface area contributed by atoms with Crippen LogP contribution in [0.4, 0.5) is 11.5 Å². The van der Waals surface area contributed by atoms with Crippen molar-refractivity contribution in [2.45, 2.75) is 13.8 Å². The van der Waals surface area contributed by atoms with E-state index in [1.807, 2.05) is 19.9 Å². The van der Waals surface area contributed by atoms with Crippen molar-refractivity contribution >= 4 is 23.1 Å². The minimum absolute atomic E-state index is 0.192. The van der Waals surface area contributed by atoms with E-state index in [1.165, 1.54) is 0 Å². The van der Waals surface area contributed by atoms with Gasteiger partial charge in [-0.05, 0) is 43.1 Å². The Morgan fingerprint density at radius 3 is 2.78 bits per heavy atom. The van der Waals surface area contributed by atoms with Crippen LogP contribution in [0.3, 0.4) is 0 Å². The first kappa shape index (κ1) is 12.3. The molecule has 5 heteroatoms. The lowest BCUT2D eigenvalue weighted by molar-refractivity contribution is 1.13. The summed E-state index contributed by atoms with van der Waals surface area (Å²) < 4.78 is 0. The van der Waals surface area contributed by atoms with Gasteiger partial charge in [0, 0.05) is 17.4 Å². The van der Waals surface area contributed by atoms with Gasteiger partial charge in [-0.3, -0.25) is 0 Å². The number of nitriles is 1. The number of hydrogen-bond donors (Lipinski definition) is 1. The van der Waals surface area contributed by atoms with Gasteiger partial charge in [0.05, 0.1) is 11.6 Å². The summed E-state index contributed by atoms with van der Waals surface area (Å²) in [7, 11) is 0. The summed E-state index contributed by atoms with van der Waals surface area (Å²) in [5, 5.41) is 12.3. The van der Waals surface area contributed by atoms with E-state index in [1.54, 1.807) is 18.3 Å². The highest BCUT2D eigenvalue weighted by molar-refractivity contribution is 6.28. The number of nitrogens with one attached hydrogen (secondary N) is 1. The molecule has 0 amide bonds. The topological polar surface area (TPSA) is 61.6 Å². The maximum Gasteiger partial charge on any atom is 0.224 e. The molecule has 0 fully saturated rings. The van der Waals surface area contributed by atoms with Gasteiger partial charge < -0.3 is 5.32 Å². The van der Waals surface area contributed by atoms with Crippen molar-refractivity contribution in [3.63, 3.8) is 0 Å². The first-order chi connectivity index (χ1) is 8.60. The second kappa shape index (κ2) is 5.03. The third kappa shape index (κ3) is 2.58. The molecule has 0 bridgehead atoms. The SMILES string of the molecule is Cc1ccc(C#N)cc1Nc1nc(Cl)ncc1C. The highest BCUT2D eigenvalue weighted by atomic mass is 35.5. The maximum atomic E-state index is 8.89. The van der Waals surface area contributed by atoms with Crippen LogP contribution in [0.25, 0.3) is 0 Å². The largest absolute Gasteiger partial charge is 0.340 e. The second-order valence-electron chi connectivity index (χ2n) is 3.94. The van der Waals surface area contributed by atoms with E-state index in [0.717, 1.165) is 16.8 Å². The molecule has 2 aromatic rings. The molecular formula is C13H11ClN4. The van der Waals surface area contributed by atoms with Crippen LogP contribution in [-0.2, 0) is 0 Å². The van der Waals surface area contributed by atoms with Crippen LogP contribution >= 0.6 is 11.6 Å². The molecular weight excluding hydrogens is 248 g/mol. The first-order valence-electron chi connectivity index (χ1n) is 5.37. The van der Waals surface area contributed by atoms with Crippen molar-refractivity contribution in [3.05, 3.63) is 46.4 Å². The molecule has 4 nitrogen and oxygen atoms in total. The Labute approximate surface area is 110 Å². The van der Waals surface area contributed by atoms with Crippen molar-refractivity contribution < 1.29 is 0 Å². The fraction of sp³-hybridized carbons (Fsp3) is 0.154. The van der Waals surface area contributed by atoms with Crippen LogP contribution < -0.4 is 5.32 Å². The number of rotatable bonds is 2. The van der Waals surface area contributed by atoms with Crippen LogP contribution in [0, 0.1) is 25.2 Å². The Kier molecular flexibility index (Phi) is 3.45. The van der Waals surface area contributed by atoms with Gasteiger partial charge in [-0.1, -0.05) is 6.07 Å². The molecule has 0 spiro atoms. The van der Waals surface area contributed by atoms with Crippen molar-refractivity contribution in [1.29, 1.82) is 5.26 Å². The fourth-order valence-electron chi connectivity index (χ4n) is 1.50. The monoisotopic (exact) mass is 258 g/mol. The average Bonchev–Trinajstić information content (AvgIpc) is 2.36. The van der Waals surface area contributed by atoms with Crippen molar-refractivity contribution in [3.8, 4) is 6.07 Å². The average molecular weight is 259 g/mol. The summed E-state index contributed by atoms with van der Waals surface area (Å²) in [6, 6.07) is 7.56. The van der Waals surface area contributed by atoms with Gasteiger partial charge in [-0.15, -0.1) is 0 Å². The summed E-state index contributed by atoms with van der Waals surface area (Å²) >= 11 is 5.77. The number of benzene rings is 1. The third-order valence-corrected chi connectivity index (χ3v) is 2.74. The maximum absolute atomic E-state index is 8.89. The van der Waals surface area contributed by atoms with Gasteiger partial charge in [0.15, 0.2) is 0 Å². The molecule has 1 aromatic heterocycles. The summed E-state index contributed by atoms with van der Waals surface area (Å²) in [4.78, 5) is 8.02. The molecule has 0 radical (unpaired) electrons. The van der Waals surface area contributed by atoms with Crippen molar-refractivity contribution in [1.82, 2.24) is 9.97 Å². The Morgan fingerprint density at radius 1 is 1.28 bits per heavy atom. The molecule has 0 aliphatic carbocycles. The van der Waals surface area contributed by atoms with E-state index in [0.29, 0.717) is 11.4 Å². The molecule has 0 saturated carbocycles. The highest BCUT2D eigenvalue weighted by Crippen LogP contribution is 2.23. The Hall–Kier alpha value is -2.12. The van der Waals surface area contributed by atoms with Gasteiger partial charge >= 0.3 is 0 Å². The van der Waals surface area contributed by atoms with Gasteiger partial charge in [0.1, 0.15) is 5.82 Å². The van der Waals surface area contributed by atoms with E-state index in [2.05, 4.69) is 21.4 Å². The zero-order valence-electron chi connectivity index (χ0n) is 10.0. The minimum atomic E-state index is 0.192. The van der Waals surface area contributed by atoms with E-state index < -0.39 is 0 Å². The summed E-state index contributed by atoms with van der Waals surface area (Å²) in [5.74, 6) is 0.646. The molecule has 2 rings (SSSR count). The number of halogens is 1. The molecule has 18 heavy (non-hydrogen) atoms. The smallest absolute Gasteiger partial charge is 0.224 e. The number of anilines is 2. The van der Waals surface area contributed by atoms with Crippen LogP contribution in [-0.4, -0.2) is 9.97 Å². The molecule has 0 aliphatic rings. The minimum Gasteiger partial charge on any atom is -0.340 e. The first-order valence-corrected chi connectivity index (χ1v) is 5.75. The lowest BCUT2D eigenvalue weighted by Crippen LogP contribution is -2.00. The predicted octanol–water partition coefficient (Wildman–Crippen LogP) is 3.36. The molecule has 0 aliphatic heterocycles. The Balaban J connectivity index is 2.39. The summed E-state index contributed by atoms with van der Waals surface area (Å²) in [5.41, 5.74) is 3.36. The highest BCUT2D eigenvalue weighted by Gasteiger charge is 2.05. The third-order valence-electron chi connectivity index (χ3n) is 2.56. The fourth-order valence-corrected chi connectivity index (χ4v) is 1.63. The standard InChI is InChI=1S/C13H11ClN4/c1-8-3-4-10(6-15)5-11(8)17-12-9(2)7-16-13(14)18-12/h3-5,7H,1-2H3,(H,16,17,18). The van der Waals surface area contributed by atoms with Crippen LogP contribution in [0.5, 0.6) is 0 Å². The quantitative estimate of drug-likeness (QED) is 0.839. The molecule has 0 saturated heterocycles. The van der Waals surface area contributed by atoms with Crippen LogP contribution in [0.15, 0.2) is 24.4 Å². The van der Waals surface area contributed by atoms with Gasteiger partial charge in [0.25, 0.3) is 0 Å². The predicted molar refractivity (Wildman–Crippen MR) is 71.0 cm³/mol. The molecule has 90 valence electrons. The van der Waals surface area contributed by atoms with Gasteiger partial charge in [-0.2, -0.15) is 5.26 Å². The lowest BCUT2D eigenvalue weighted by Gasteiger charge is -2.11. The molecule has 1 N–H and O–H groups in total. The number of hydrogen-bond acceptors (Lipinski definition) is 4. The normalized spacial score (nSPS) is 9.89. The van der Waals surface area contributed by atoms with Crippen LogP contribution in [0.1, 0.15) is 16.7 Å². The lowest BCUT2D eigenvalue weighted by atomic mass is 10.1. The van der Waals surface area contributed by atoms with Crippen molar-refractivity contribution in [2.75, 3.05) is 5.32 Å². The van der Waals surface area contributed by atoms with Crippen molar-refractivity contribution in [2.24, 2.45) is 0 Å². The second-order valence-corrected chi connectivity index (χ2v) is 4.28. The van der Waals surface area contributed by atoms with E-state index >= 15 is 0 Å².